The maximum Gasteiger partial charge on any atom is 0.346 e. The van der Waals surface area contributed by atoms with E-state index in [1.165, 1.54) is 0 Å². The number of hydrogen-bond acceptors (Lipinski definition) is 7. The highest BCUT2D eigenvalue weighted by Gasteiger charge is 2.28. The standard InChI is InChI=1S/C16H22O4.C8H4O3/c1-3-5-11-19-15(17)13-9-7-8-10-14(13)16(18)20-12-6-4-2;9-7-5-3-1-2-4-6(5)8(10)11-7/h7-10H,3-6,11-12H2,1-2H3;1-4H. The molecule has 1 heterocycles. The average molecular weight is 426 g/mol. The molecular weight excluding hydrogens is 400 g/mol. The van der Waals surface area contributed by atoms with Crippen molar-refractivity contribution in [2.75, 3.05) is 13.2 Å². The van der Waals surface area contributed by atoms with Crippen LogP contribution < -0.4 is 0 Å². The van der Waals surface area contributed by atoms with E-state index in [0.717, 1.165) is 25.7 Å². The maximum atomic E-state index is 11.9. The third-order valence-corrected chi connectivity index (χ3v) is 4.38. The van der Waals surface area contributed by atoms with Crippen LogP contribution >= 0.6 is 0 Å². The summed E-state index contributed by atoms with van der Waals surface area (Å²) in [4.78, 5) is 45.6. The van der Waals surface area contributed by atoms with Gasteiger partial charge in [-0.2, -0.15) is 0 Å². The molecule has 31 heavy (non-hydrogen) atoms. The summed E-state index contributed by atoms with van der Waals surface area (Å²) in [5.74, 6) is -2.04. The Morgan fingerprint density at radius 3 is 1.48 bits per heavy atom. The van der Waals surface area contributed by atoms with Crippen molar-refractivity contribution >= 4 is 23.9 Å². The predicted molar refractivity (Wildman–Crippen MR) is 113 cm³/mol. The van der Waals surface area contributed by atoms with Crippen LogP contribution in [-0.4, -0.2) is 37.1 Å². The molecular formula is C24H26O7. The normalized spacial score (nSPS) is 11.7. The van der Waals surface area contributed by atoms with Gasteiger partial charge in [-0.1, -0.05) is 51.0 Å². The number of cyclic esters (lactones) is 2. The highest BCUT2D eigenvalue weighted by molar-refractivity contribution is 6.14. The number of rotatable bonds is 8. The Morgan fingerprint density at radius 2 is 1.10 bits per heavy atom. The van der Waals surface area contributed by atoms with Gasteiger partial charge >= 0.3 is 23.9 Å². The largest absolute Gasteiger partial charge is 0.462 e. The molecule has 7 heteroatoms. The second kappa shape index (κ2) is 12.3. The van der Waals surface area contributed by atoms with E-state index in [4.69, 9.17) is 9.47 Å². The van der Waals surface area contributed by atoms with Crippen molar-refractivity contribution in [1.29, 1.82) is 0 Å². The van der Waals surface area contributed by atoms with E-state index in [2.05, 4.69) is 4.74 Å². The van der Waals surface area contributed by atoms with Gasteiger partial charge in [0.2, 0.25) is 0 Å². The first-order chi connectivity index (χ1) is 15.0. The van der Waals surface area contributed by atoms with E-state index in [9.17, 15) is 19.2 Å². The SMILES string of the molecule is CCCCOC(=O)c1ccccc1C(=O)OCCCC.O=C1OC(=O)c2ccccc21. The molecule has 0 aliphatic carbocycles. The molecule has 0 spiro atoms. The van der Waals surface area contributed by atoms with Crippen LogP contribution in [0.25, 0.3) is 0 Å². The van der Waals surface area contributed by atoms with Crippen LogP contribution in [0.2, 0.25) is 0 Å². The summed E-state index contributed by atoms with van der Waals surface area (Å²) >= 11 is 0. The molecule has 0 radical (unpaired) electrons. The van der Waals surface area contributed by atoms with Crippen molar-refractivity contribution in [3.63, 3.8) is 0 Å². The van der Waals surface area contributed by atoms with Gasteiger partial charge in [-0.3, -0.25) is 0 Å². The van der Waals surface area contributed by atoms with Crippen LogP contribution in [0.15, 0.2) is 48.5 Å². The monoisotopic (exact) mass is 426 g/mol. The molecule has 0 saturated heterocycles. The van der Waals surface area contributed by atoms with Gasteiger partial charge in [-0.15, -0.1) is 0 Å². The van der Waals surface area contributed by atoms with E-state index in [1.54, 1.807) is 48.5 Å². The first kappa shape index (κ1) is 23.8. The lowest BCUT2D eigenvalue weighted by Crippen LogP contribution is -2.14. The average Bonchev–Trinajstić information content (AvgIpc) is 3.08. The van der Waals surface area contributed by atoms with E-state index >= 15 is 0 Å². The van der Waals surface area contributed by atoms with Crippen LogP contribution in [0.5, 0.6) is 0 Å². The first-order valence-electron chi connectivity index (χ1n) is 10.3. The Morgan fingerprint density at radius 1 is 0.710 bits per heavy atom. The summed E-state index contributed by atoms with van der Waals surface area (Å²) < 4.78 is 14.6. The van der Waals surface area contributed by atoms with Gasteiger partial charge in [-0.05, 0) is 37.1 Å². The van der Waals surface area contributed by atoms with E-state index in [-0.39, 0.29) is 11.1 Å². The van der Waals surface area contributed by atoms with Crippen molar-refractivity contribution in [3.8, 4) is 0 Å². The zero-order valence-electron chi connectivity index (χ0n) is 17.7. The molecule has 164 valence electrons. The molecule has 0 bridgehead atoms. The maximum absolute atomic E-state index is 11.9. The fraction of sp³-hybridized carbons (Fsp3) is 0.333. The fourth-order valence-electron chi connectivity index (χ4n) is 2.65. The third-order valence-electron chi connectivity index (χ3n) is 4.38. The van der Waals surface area contributed by atoms with Crippen LogP contribution in [0, 0.1) is 0 Å². The Labute approximate surface area is 181 Å². The van der Waals surface area contributed by atoms with Crippen LogP contribution in [0.3, 0.4) is 0 Å². The Hall–Kier alpha value is -3.48. The number of esters is 4. The number of carbonyl (C=O) groups excluding carboxylic acids is 4. The minimum Gasteiger partial charge on any atom is -0.462 e. The topological polar surface area (TPSA) is 96.0 Å². The smallest absolute Gasteiger partial charge is 0.346 e. The Kier molecular flexibility index (Phi) is 9.42. The molecule has 0 aromatic heterocycles. The Balaban J connectivity index is 0.000000258. The minimum atomic E-state index is -0.550. The lowest BCUT2D eigenvalue weighted by molar-refractivity contribution is 0.0440. The van der Waals surface area contributed by atoms with Gasteiger partial charge in [0, 0.05) is 0 Å². The molecule has 0 atom stereocenters. The highest BCUT2D eigenvalue weighted by Crippen LogP contribution is 2.18. The molecule has 2 aromatic rings. The molecule has 0 N–H and O–H groups in total. The molecule has 7 nitrogen and oxygen atoms in total. The van der Waals surface area contributed by atoms with E-state index in [1.807, 2.05) is 13.8 Å². The van der Waals surface area contributed by atoms with Crippen molar-refractivity contribution < 1.29 is 33.4 Å². The molecule has 0 fully saturated rings. The highest BCUT2D eigenvalue weighted by atomic mass is 16.6. The molecule has 0 amide bonds. The number of ether oxygens (including phenoxy) is 3. The molecule has 1 aliphatic rings. The summed E-state index contributed by atoms with van der Waals surface area (Å²) in [6, 6.07) is 13.1. The van der Waals surface area contributed by atoms with Gasteiger partial charge in [-0.25, -0.2) is 19.2 Å². The summed E-state index contributed by atoms with van der Waals surface area (Å²) in [7, 11) is 0. The van der Waals surface area contributed by atoms with E-state index in [0.29, 0.717) is 24.3 Å². The summed E-state index contributed by atoms with van der Waals surface area (Å²) in [5, 5.41) is 0. The number of benzene rings is 2. The van der Waals surface area contributed by atoms with Crippen LogP contribution in [0.1, 0.15) is 81.0 Å². The van der Waals surface area contributed by atoms with Crippen molar-refractivity contribution in [3.05, 3.63) is 70.8 Å². The summed E-state index contributed by atoms with van der Waals surface area (Å²) in [6.45, 7) is 4.78. The van der Waals surface area contributed by atoms with Crippen molar-refractivity contribution in [2.24, 2.45) is 0 Å². The van der Waals surface area contributed by atoms with Gasteiger partial charge < -0.3 is 14.2 Å². The second-order valence-electron chi connectivity index (χ2n) is 6.75. The second-order valence-corrected chi connectivity index (χ2v) is 6.75. The predicted octanol–water partition coefficient (Wildman–Crippen LogP) is 4.60. The summed E-state index contributed by atoms with van der Waals surface area (Å²) in [6.07, 6.45) is 3.53. The van der Waals surface area contributed by atoms with Crippen LogP contribution in [-0.2, 0) is 14.2 Å². The molecule has 0 unspecified atom stereocenters. The van der Waals surface area contributed by atoms with Crippen LogP contribution in [0.4, 0.5) is 0 Å². The quantitative estimate of drug-likeness (QED) is 0.263. The molecule has 0 saturated carbocycles. The number of unbranched alkanes of at least 4 members (excludes halogenated alkanes) is 2. The molecule has 1 aliphatic heterocycles. The summed E-state index contributed by atoms with van der Waals surface area (Å²) in [5.41, 5.74) is 1.25. The minimum absolute atomic E-state index is 0.269. The zero-order chi connectivity index (χ0) is 22.6. The van der Waals surface area contributed by atoms with Crippen molar-refractivity contribution in [2.45, 2.75) is 39.5 Å². The number of fused-ring (bicyclic) bond motifs is 1. The van der Waals surface area contributed by atoms with E-state index < -0.39 is 23.9 Å². The Bertz CT molecular complexity index is 859. The fourth-order valence-corrected chi connectivity index (χ4v) is 2.65. The van der Waals surface area contributed by atoms with Gasteiger partial charge in [0.1, 0.15) is 0 Å². The van der Waals surface area contributed by atoms with Gasteiger partial charge in [0.05, 0.1) is 35.5 Å². The molecule has 3 rings (SSSR count). The molecule has 2 aromatic carbocycles. The number of hydrogen-bond donors (Lipinski definition) is 0. The zero-order valence-corrected chi connectivity index (χ0v) is 17.7. The lowest BCUT2D eigenvalue weighted by atomic mass is 10.1. The lowest BCUT2D eigenvalue weighted by Gasteiger charge is -2.09. The third kappa shape index (κ3) is 6.77. The van der Waals surface area contributed by atoms with Gasteiger partial charge in [0.25, 0.3) is 0 Å². The van der Waals surface area contributed by atoms with Gasteiger partial charge in [0.15, 0.2) is 0 Å². The van der Waals surface area contributed by atoms with Crippen molar-refractivity contribution in [1.82, 2.24) is 0 Å². The first-order valence-corrected chi connectivity index (χ1v) is 10.3. The number of carbonyl (C=O) groups is 4.